The van der Waals surface area contributed by atoms with Gasteiger partial charge in [-0.25, -0.2) is 4.39 Å². The van der Waals surface area contributed by atoms with Gasteiger partial charge < -0.3 is 5.73 Å². The summed E-state index contributed by atoms with van der Waals surface area (Å²) < 4.78 is 12.5. The van der Waals surface area contributed by atoms with Crippen LogP contribution in [0.5, 0.6) is 0 Å². The van der Waals surface area contributed by atoms with E-state index in [1.165, 1.54) is 0 Å². The molecule has 0 saturated carbocycles. The van der Waals surface area contributed by atoms with Gasteiger partial charge in [0.2, 0.25) is 0 Å². The molecular weight excluding hydrogens is 153 g/mol. The molecule has 2 N–H and O–H groups in total. The molecule has 1 nitrogen and oxygen atoms in total. The Kier molecular flexibility index (Phi) is 3.09. The number of halogens is 1. The predicted molar refractivity (Wildman–Crippen MR) is 49.7 cm³/mol. The molecule has 0 aliphatic rings. The molecule has 1 unspecified atom stereocenters. The van der Waals surface area contributed by atoms with E-state index < -0.39 is 6.17 Å². The van der Waals surface area contributed by atoms with Gasteiger partial charge in [-0.05, 0) is 37.5 Å². The Balaban J connectivity index is 2.52. The highest BCUT2D eigenvalue weighted by Crippen LogP contribution is 2.10. The first kappa shape index (κ1) is 9.04. The van der Waals surface area contributed by atoms with Crippen LogP contribution in [-0.2, 0) is 6.42 Å². The van der Waals surface area contributed by atoms with Crippen molar-refractivity contribution in [1.82, 2.24) is 0 Å². The Morgan fingerprint density at radius 3 is 2.83 bits per heavy atom. The third-order valence-corrected chi connectivity index (χ3v) is 1.78. The quantitative estimate of drug-likeness (QED) is 0.688. The molecule has 0 heterocycles. The lowest BCUT2D eigenvalue weighted by Crippen LogP contribution is -1.96. The van der Waals surface area contributed by atoms with Gasteiger partial charge in [0.25, 0.3) is 0 Å². The Labute approximate surface area is 72.4 Å². The zero-order valence-corrected chi connectivity index (χ0v) is 7.26. The molecule has 0 aliphatic heterocycles. The summed E-state index contributed by atoms with van der Waals surface area (Å²) in [6.07, 6.45) is 0.609. The molecule has 0 radical (unpaired) electrons. The number of aryl methyl sites for hydroxylation is 1. The predicted octanol–water partition coefficient (Wildman–Crippen LogP) is 2.56. The third-order valence-electron chi connectivity index (χ3n) is 1.78. The lowest BCUT2D eigenvalue weighted by atomic mass is 10.1. The average molecular weight is 167 g/mol. The van der Waals surface area contributed by atoms with E-state index in [-0.39, 0.29) is 0 Å². The number of anilines is 1. The van der Waals surface area contributed by atoms with E-state index in [0.29, 0.717) is 6.42 Å². The van der Waals surface area contributed by atoms with Crippen LogP contribution in [0.2, 0.25) is 0 Å². The highest BCUT2D eigenvalue weighted by atomic mass is 19.1. The summed E-state index contributed by atoms with van der Waals surface area (Å²) in [5, 5.41) is 0. The highest BCUT2D eigenvalue weighted by molar-refractivity contribution is 5.40. The van der Waals surface area contributed by atoms with E-state index in [4.69, 9.17) is 5.73 Å². The maximum absolute atomic E-state index is 12.5. The van der Waals surface area contributed by atoms with E-state index in [1.54, 1.807) is 6.92 Å². The van der Waals surface area contributed by atoms with E-state index in [0.717, 1.165) is 17.7 Å². The minimum Gasteiger partial charge on any atom is -0.399 e. The molecule has 1 atom stereocenters. The summed E-state index contributed by atoms with van der Waals surface area (Å²) in [4.78, 5) is 0. The zero-order valence-electron chi connectivity index (χ0n) is 7.26. The van der Waals surface area contributed by atoms with Crippen molar-refractivity contribution in [2.24, 2.45) is 0 Å². The van der Waals surface area contributed by atoms with Gasteiger partial charge in [-0.2, -0.15) is 0 Å². The Morgan fingerprint density at radius 1 is 1.50 bits per heavy atom. The highest BCUT2D eigenvalue weighted by Gasteiger charge is 1.99. The van der Waals surface area contributed by atoms with Crippen molar-refractivity contribution < 1.29 is 4.39 Å². The molecule has 0 saturated heterocycles. The summed E-state index contributed by atoms with van der Waals surface area (Å²) >= 11 is 0. The zero-order chi connectivity index (χ0) is 8.97. The molecule has 0 amide bonds. The summed E-state index contributed by atoms with van der Waals surface area (Å²) in [5.41, 5.74) is 7.43. The van der Waals surface area contributed by atoms with Gasteiger partial charge in [0.05, 0.1) is 6.17 Å². The topological polar surface area (TPSA) is 26.0 Å². The average Bonchev–Trinajstić information content (AvgIpc) is 2.01. The molecule has 1 rings (SSSR count). The molecule has 2 heteroatoms. The first-order valence-corrected chi connectivity index (χ1v) is 4.17. The molecule has 1 aromatic carbocycles. The molecule has 12 heavy (non-hydrogen) atoms. The lowest BCUT2D eigenvalue weighted by Gasteiger charge is -2.02. The number of benzene rings is 1. The summed E-state index contributed by atoms with van der Waals surface area (Å²) in [7, 11) is 0. The number of nitrogens with two attached hydrogens (primary N) is 1. The molecule has 1 aromatic rings. The van der Waals surface area contributed by atoms with Crippen LogP contribution in [0.3, 0.4) is 0 Å². The third kappa shape index (κ3) is 2.91. The fourth-order valence-corrected chi connectivity index (χ4v) is 1.11. The second-order valence-electron chi connectivity index (χ2n) is 3.06. The first-order valence-electron chi connectivity index (χ1n) is 4.17. The van der Waals surface area contributed by atoms with Crippen molar-refractivity contribution in [1.29, 1.82) is 0 Å². The first-order chi connectivity index (χ1) is 5.68. The van der Waals surface area contributed by atoms with E-state index in [1.807, 2.05) is 24.3 Å². The molecule has 0 aromatic heterocycles. The standard InChI is InChI=1S/C10H14FN/c1-8(11)5-6-9-3-2-4-10(12)7-9/h2-4,7-8H,5-6,12H2,1H3. The van der Waals surface area contributed by atoms with Crippen LogP contribution in [0.25, 0.3) is 0 Å². The molecule has 66 valence electrons. The van der Waals surface area contributed by atoms with Gasteiger partial charge >= 0.3 is 0 Å². The second kappa shape index (κ2) is 4.10. The van der Waals surface area contributed by atoms with Crippen molar-refractivity contribution >= 4 is 5.69 Å². The number of rotatable bonds is 3. The SMILES string of the molecule is CC(F)CCc1cccc(N)c1. The van der Waals surface area contributed by atoms with Crippen LogP contribution in [0.4, 0.5) is 10.1 Å². The van der Waals surface area contributed by atoms with Crippen LogP contribution in [-0.4, -0.2) is 6.17 Å². The fraction of sp³-hybridized carbons (Fsp3) is 0.400. The van der Waals surface area contributed by atoms with E-state index >= 15 is 0 Å². The summed E-state index contributed by atoms with van der Waals surface area (Å²) in [5.74, 6) is 0. The van der Waals surface area contributed by atoms with Gasteiger partial charge in [-0.15, -0.1) is 0 Å². The summed E-state index contributed by atoms with van der Waals surface area (Å²) in [6.45, 7) is 1.58. The molecule has 0 spiro atoms. The Hall–Kier alpha value is -1.05. The minimum absolute atomic E-state index is 0.573. The van der Waals surface area contributed by atoms with Gasteiger partial charge in [0, 0.05) is 5.69 Å². The second-order valence-corrected chi connectivity index (χ2v) is 3.06. The molecule has 0 aliphatic carbocycles. The van der Waals surface area contributed by atoms with Crippen molar-refractivity contribution in [2.45, 2.75) is 25.9 Å². The minimum atomic E-state index is -0.730. The number of alkyl halides is 1. The molecule has 0 bridgehead atoms. The molecular formula is C10H14FN. The maximum atomic E-state index is 12.5. The Morgan fingerprint density at radius 2 is 2.25 bits per heavy atom. The normalized spacial score (nSPS) is 12.8. The van der Waals surface area contributed by atoms with E-state index in [9.17, 15) is 4.39 Å². The largest absolute Gasteiger partial charge is 0.399 e. The van der Waals surface area contributed by atoms with Crippen LogP contribution in [0, 0.1) is 0 Å². The number of hydrogen-bond donors (Lipinski definition) is 1. The van der Waals surface area contributed by atoms with Crippen LogP contribution in [0.15, 0.2) is 24.3 Å². The maximum Gasteiger partial charge on any atom is 0.0976 e. The Bertz CT molecular complexity index is 245. The number of hydrogen-bond acceptors (Lipinski definition) is 1. The van der Waals surface area contributed by atoms with E-state index in [2.05, 4.69) is 0 Å². The molecule has 0 fully saturated rings. The van der Waals surface area contributed by atoms with Crippen molar-refractivity contribution in [3.63, 3.8) is 0 Å². The van der Waals surface area contributed by atoms with Crippen molar-refractivity contribution in [3.8, 4) is 0 Å². The smallest absolute Gasteiger partial charge is 0.0976 e. The summed E-state index contributed by atoms with van der Waals surface area (Å²) in [6, 6.07) is 7.59. The van der Waals surface area contributed by atoms with Crippen LogP contribution in [0.1, 0.15) is 18.9 Å². The van der Waals surface area contributed by atoms with Crippen LogP contribution >= 0.6 is 0 Å². The van der Waals surface area contributed by atoms with Gasteiger partial charge in [-0.1, -0.05) is 12.1 Å². The van der Waals surface area contributed by atoms with Crippen molar-refractivity contribution in [3.05, 3.63) is 29.8 Å². The van der Waals surface area contributed by atoms with Gasteiger partial charge in [0.1, 0.15) is 0 Å². The van der Waals surface area contributed by atoms with Gasteiger partial charge in [0.15, 0.2) is 0 Å². The monoisotopic (exact) mass is 167 g/mol. The van der Waals surface area contributed by atoms with Crippen molar-refractivity contribution in [2.75, 3.05) is 5.73 Å². The van der Waals surface area contributed by atoms with Gasteiger partial charge in [-0.3, -0.25) is 0 Å². The lowest BCUT2D eigenvalue weighted by molar-refractivity contribution is 0.341. The van der Waals surface area contributed by atoms with Crippen LogP contribution < -0.4 is 5.73 Å². The number of nitrogen functional groups attached to an aromatic ring is 1. The fourth-order valence-electron chi connectivity index (χ4n) is 1.11.